The summed E-state index contributed by atoms with van der Waals surface area (Å²) in [5.41, 5.74) is 0. The fourth-order valence-electron chi connectivity index (χ4n) is 0.781. The van der Waals surface area contributed by atoms with Crippen LogP contribution in [0.25, 0.3) is 0 Å². The Morgan fingerprint density at radius 2 is 2.56 bits per heavy atom. The van der Waals surface area contributed by atoms with Crippen LogP contribution < -0.4 is 0 Å². The molecule has 0 aromatic carbocycles. The first-order valence-electron chi connectivity index (χ1n) is 2.95. The third kappa shape index (κ3) is 2.40. The lowest BCUT2D eigenvalue weighted by atomic mass is 10.5. The lowest BCUT2D eigenvalue weighted by Gasteiger charge is -2.04. The number of rotatable bonds is 2. The van der Waals surface area contributed by atoms with E-state index in [1.807, 2.05) is 23.5 Å². The third-order valence-electron chi connectivity index (χ3n) is 1.16. The van der Waals surface area contributed by atoms with Crippen LogP contribution in [-0.2, 0) is 4.74 Å². The van der Waals surface area contributed by atoms with Gasteiger partial charge in [-0.15, -0.1) is 23.5 Å². The Morgan fingerprint density at radius 3 is 3.00 bits per heavy atom. The number of methoxy groups -OCH3 is 1. The van der Waals surface area contributed by atoms with Gasteiger partial charge in [0, 0.05) is 18.1 Å². The second kappa shape index (κ2) is 3.74. The van der Waals surface area contributed by atoms with Crippen molar-refractivity contribution < 1.29 is 4.74 Å². The summed E-state index contributed by atoms with van der Waals surface area (Å²) in [6.45, 7) is 3.07. The van der Waals surface area contributed by atoms with Crippen molar-refractivity contribution in [3.63, 3.8) is 0 Å². The van der Waals surface area contributed by atoms with E-state index in [9.17, 15) is 0 Å². The SMILES string of the molecule is COCC1CS[C](C)S1. The van der Waals surface area contributed by atoms with Crippen molar-refractivity contribution in [3.05, 3.63) is 4.58 Å². The number of thioether (sulfide) groups is 2. The monoisotopic (exact) mass is 163 g/mol. The third-order valence-corrected chi connectivity index (χ3v) is 3.95. The van der Waals surface area contributed by atoms with Gasteiger partial charge in [-0.05, 0) is 6.92 Å². The maximum atomic E-state index is 5.03. The summed E-state index contributed by atoms with van der Waals surface area (Å²) in [4.78, 5) is 0. The maximum absolute atomic E-state index is 5.03. The van der Waals surface area contributed by atoms with Crippen molar-refractivity contribution in [1.82, 2.24) is 0 Å². The summed E-state index contributed by atoms with van der Waals surface area (Å²) in [6, 6.07) is 0. The highest BCUT2D eigenvalue weighted by Gasteiger charge is 2.22. The van der Waals surface area contributed by atoms with Gasteiger partial charge in [0.15, 0.2) is 0 Å². The minimum Gasteiger partial charge on any atom is -0.384 e. The lowest BCUT2D eigenvalue weighted by Crippen LogP contribution is -2.08. The highest BCUT2D eigenvalue weighted by atomic mass is 32.2. The normalized spacial score (nSPS) is 29.3. The van der Waals surface area contributed by atoms with E-state index in [0.717, 1.165) is 6.61 Å². The molecule has 0 bridgehead atoms. The first kappa shape index (κ1) is 7.76. The summed E-state index contributed by atoms with van der Waals surface area (Å²) < 4.78 is 6.51. The molecule has 1 unspecified atom stereocenters. The quantitative estimate of drug-likeness (QED) is 0.616. The molecule has 53 valence electrons. The van der Waals surface area contributed by atoms with Crippen LogP contribution in [0.1, 0.15) is 6.92 Å². The van der Waals surface area contributed by atoms with Crippen molar-refractivity contribution in [2.24, 2.45) is 0 Å². The van der Waals surface area contributed by atoms with Crippen LogP contribution in [0.5, 0.6) is 0 Å². The van der Waals surface area contributed by atoms with Crippen LogP contribution in [0.4, 0.5) is 0 Å². The van der Waals surface area contributed by atoms with E-state index >= 15 is 0 Å². The van der Waals surface area contributed by atoms with Gasteiger partial charge in [0.25, 0.3) is 0 Å². The van der Waals surface area contributed by atoms with Crippen LogP contribution in [-0.4, -0.2) is 24.7 Å². The van der Waals surface area contributed by atoms with Crippen LogP contribution in [0.2, 0.25) is 0 Å². The Morgan fingerprint density at radius 1 is 1.78 bits per heavy atom. The minimum atomic E-state index is 0.708. The van der Waals surface area contributed by atoms with Gasteiger partial charge in [0.2, 0.25) is 0 Å². The van der Waals surface area contributed by atoms with E-state index in [1.54, 1.807) is 7.11 Å². The molecule has 1 nitrogen and oxygen atoms in total. The summed E-state index contributed by atoms with van der Waals surface area (Å²) in [6.07, 6.45) is 0. The zero-order valence-electron chi connectivity index (χ0n) is 5.72. The van der Waals surface area contributed by atoms with E-state index < -0.39 is 0 Å². The van der Waals surface area contributed by atoms with Crippen LogP contribution >= 0.6 is 23.5 Å². The summed E-state index contributed by atoms with van der Waals surface area (Å²) in [7, 11) is 1.76. The van der Waals surface area contributed by atoms with Gasteiger partial charge in [-0.25, -0.2) is 0 Å². The fraction of sp³-hybridized carbons (Fsp3) is 0.833. The summed E-state index contributed by atoms with van der Waals surface area (Å²) >= 11 is 3.89. The molecule has 1 fully saturated rings. The molecule has 0 aromatic rings. The fourth-order valence-corrected chi connectivity index (χ4v) is 3.33. The highest BCUT2D eigenvalue weighted by Crippen LogP contribution is 2.43. The Bertz CT molecular complexity index is 85.1. The molecule has 0 spiro atoms. The van der Waals surface area contributed by atoms with Crippen molar-refractivity contribution in [2.75, 3.05) is 19.5 Å². The second-order valence-corrected chi connectivity index (χ2v) is 5.01. The molecule has 1 aliphatic heterocycles. The van der Waals surface area contributed by atoms with Gasteiger partial charge in [-0.2, -0.15) is 0 Å². The van der Waals surface area contributed by atoms with Gasteiger partial charge in [-0.3, -0.25) is 0 Å². The molecule has 1 saturated heterocycles. The molecule has 0 aliphatic carbocycles. The summed E-state index contributed by atoms with van der Waals surface area (Å²) in [5, 5.41) is 0.708. The number of hydrogen-bond donors (Lipinski definition) is 0. The van der Waals surface area contributed by atoms with Gasteiger partial charge in [0.1, 0.15) is 0 Å². The van der Waals surface area contributed by atoms with E-state index in [4.69, 9.17) is 4.74 Å². The zero-order valence-corrected chi connectivity index (χ0v) is 7.35. The molecule has 1 rings (SSSR count). The van der Waals surface area contributed by atoms with Crippen molar-refractivity contribution in [2.45, 2.75) is 12.2 Å². The van der Waals surface area contributed by atoms with Crippen molar-refractivity contribution in [1.29, 1.82) is 0 Å². The van der Waals surface area contributed by atoms with Crippen LogP contribution in [0.15, 0.2) is 0 Å². The molecular weight excluding hydrogens is 152 g/mol. The van der Waals surface area contributed by atoms with E-state index in [2.05, 4.69) is 6.92 Å². The Hall–Kier alpha value is 0.660. The molecule has 1 atom stereocenters. The van der Waals surface area contributed by atoms with Crippen LogP contribution in [0, 0.1) is 4.58 Å². The summed E-state index contributed by atoms with van der Waals surface area (Å²) in [5.74, 6) is 1.23. The van der Waals surface area contributed by atoms with Gasteiger partial charge in [-0.1, -0.05) is 0 Å². The zero-order chi connectivity index (χ0) is 6.69. The van der Waals surface area contributed by atoms with Crippen molar-refractivity contribution in [3.8, 4) is 0 Å². The predicted octanol–water partition coefficient (Wildman–Crippen LogP) is 1.99. The molecular formula is C6H11OS2. The van der Waals surface area contributed by atoms with E-state index in [0.29, 0.717) is 5.25 Å². The Kier molecular flexibility index (Phi) is 3.22. The minimum absolute atomic E-state index is 0.708. The van der Waals surface area contributed by atoms with Gasteiger partial charge in [0.05, 0.1) is 11.2 Å². The molecule has 9 heavy (non-hydrogen) atoms. The smallest absolute Gasteiger partial charge is 0.0821 e. The van der Waals surface area contributed by atoms with Crippen molar-refractivity contribution >= 4 is 23.5 Å². The first-order valence-corrected chi connectivity index (χ1v) is 4.81. The predicted molar refractivity (Wildman–Crippen MR) is 44.6 cm³/mol. The average molecular weight is 163 g/mol. The topological polar surface area (TPSA) is 9.23 Å². The molecule has 1 aliphatic rings. The number of hydrogen-bond acceptors (Lipinski definition) is 3. The van der Waals surface area contributed by atoms with Gasteiger partial charge >= 0.3 is 0 Å². The van der Waals surface area contributed by atoms with E-state index in [1.165, 1.54) is 10.3 Å². The lowest BCUT2D eigenvalue weighted by molar-refractivity contribution is 0.204. The molecule has 0 amide bonds. The largest absolute Gasteiger partial charge is 0.384 e. The molecule has 1 radical (unpaired) electrons. The second-order valence-electron chi connectivity index (χ2n) is 2.00. The molecule has 1 heterocycles. The number of ether oxygens (including phenoxy) is 1. The van der Waals surface area contributed by atoms with Crippen LogP contribution in [0.3, 0.4) is 0 Å². The molecule has 0 N–H and O–H groups in total. The maximum Gasteiger partial charge on any atom is 0.0821 e. The average Bonchev–Trinajstić information content (AvgIpc) is 2.17. The van der Waals surface area contributed by atoms with Gasteiger partial charge < -0.3 is 4.74 Å². The molecule has 0 aromatic heterocycles. The highest BCUT2D eigenvalue weighted by molar-refractivity contribution is 8.24. The Balaban J connectivity index is 2.14. The first-order chi connectivity index (χ1) is 4.33. The standard InChI is InChI=1S/C6H11OS2/c1-5-8-4-6(9-5)3-7-2/h6H,3-4H2,1-2H3. The Labute approximate surface area is 64.9 Å². The molecule has 3 heteroatoms. The van der Waals surface area contributed by atoms with E-state index in [-0.39, 0.29) is 0 Å². The molecule has 0 saturated carbocycles.